The smallest absolute Gasteiger partial charge is 0.746 e. The maximum absolute atomic E-state index is 10.8. The van der Waals surface area contributed by atoms with Crippen LogP contribution in [0, 0.1) is 0 Å². The summed E-state index contributed by atoms with van der Waals surface area (Å²) in [6, 6.07) is 0. The van der Waals surface area contributed by atoms with Gasteiger partial charge in [-0.2, -0.15) is 0 Å². The Hall–Kier alpha value is 0.686. The average molecular weight is 247 g/mol. The Balaban J connectivity index is 0. The third-order valence-corrected chi connectivity index (χ3v) is 2.51. The number of rotatable bonds is 2. The van der Waals surface area contributed by atoms with Crippen molar-refractivity contribution in [2.24, 2.45) is 0 Å². The summed E-state index contributed by atoms with van der Waals surface area (Å²) < 4.78 is 31.4. The number of carbonyl (C=O) groups is 2. The number of nitrogens with zero attached hydrogens (tertiary/aromatic N) is 1. The van der Waals surface area contributed by atoms with Crippen LogP contribution >= 0.6 is 0 Å². The fourth-order valence-corrected chi connectivity index (χ4v) is 1.42. The van der Waals surface area contributed by atoms with Crippen molar-refractivity contribution in [2.75, 3.05) is 0 Å². The SMILES string of the molecule is CC(=O)N(C(C)=O)C(C)S(=O)(=O)[O-].[K+]. The molecule has 0 aromatic carbocycles. The van der Waals surface area contributed by atoms with Gasteiger partial charge in [0, 0.05) is 13.8 Å². The average Bonchev–Trinajstić information content (AvgIpc) is 1.82. The molecule has 1 atom stereocenters. The number of imide groups is 1. The molecular weight excluding hydrogens is 237 g/mol. The zero-order valence-corrected chi connectivity index (χ0v) is 12.4. The third-order valence-electron chi connectivity index (χ3n) is 1.46. The van der Waals surface area contributed by atoms with Gasteiger partial charge in [0.2, 0.25) is 11.8 Å². The molecular formula is C6H10KNO5S. The molecule has 0 aromatic heterocycles. The van der Waals surface area contributed by atoms with E-state index in [4.69, 9.17) is 0 Å². The van der Waals surface area contributed by atoms with Crippen molar-refractivity contribution in [3.05, 3.63) is 0 Å². The van der Waals surface area contributed by atoms with Gasteiger partial charge in [-0.25, -0.2) is 8.42 Å². The maximum atomic E-state index is 10.8. The van der Waals surface area contributed by atoms with Gasteiger partial charge in [0.1, 0.15) is 15.5 Å². The first kappa shape index (κ1) is 17.1. The summed E-state index contributed by atoms with van der Waals surface area (Å²) in [5, 5.41) is -1.65. The molecule has 76 valence electrons. The summed E-state index contributed by atoms with van der Waals surface area (Å²) in [5.41, 5.74) is 0. The fourth-order valence-electron chi connectivity index (χ4n) is 0.863. The maximum Gasteiger partial charge on any atom is 1.00 e. The molecule has 0 fully saturated rings. The van der Waals surface area contributed by atoms with Crippen LogP contribution in [0.2, 0.25) is 0 Å². The monoisotopic (exact) mass is 247 g/mol. The van der Waals surface area contributed by atoms with Gasteiger partial charge >= 0.3 is 51.4 Å². The molecule has 0 N–H and O–H groups in total. The first-order valence-corrected chi connectivity index (χ1v) is 4.90. The Morgan fingerprint density at radius 3 is 1.57 bits per heavy atom. The second-order valence-corrected chi connectivity index (χ2v) is 4.17. The molecule has 0 saturated carbocycles. The van der Waals surface area contributed by atoms with E-state index in [1.165, 1.54) is 0 Å². The Labute approximate surface area is 125 Å². The van der Waals surface area contributed by atoms with Crippen LogP contribution in [0.1, 0.15) is 20.8 Å². The zero-order valence-electron chi connectivity index (χ0n) is 8.47. The van der Waals surface area contributed by atoms with Crippen molar-refractivity contribution < 1.29 is 73.9 Å². The minimum atomic E-state index is -4.66. The molecule has 0 rings (SSSR count). The molecule has 14 heavy (non-hydrogen) atoms. The van der Waals surface area contributed by atoms with Crippen molar-refractivity contribution >= 4 is 21.9 Å². The summed E-state index contributed by atoms with van der Waals surface area (Å²) in [4.78, 5) is 22.0. The van der Waals surface area contributed by atoms with Gasteiger partial charge in [-0.3, -0.25) is 14.5 Å². The molecule has 0 spiro atoms. The summed E-state index contributed by atoms with van der Waals surface area (Å²) in [7, 11) is -4.66. The first-order chi connectivity index (χ1) is 5.68. The van der Waals surface area contributed by atoms with E-state index in [2.05, 4.69) is 0 Å². The van der Waals surface area contributed by atoms with Crippen LogP contribution in [0.5, 0.6) is 0 Å². The van der Waals surface area contributed by atoms with Gasteiger partial charge in [-0.1, -0.05) is 0 Å². The molecule has 8 heteroatoms. The second-order valence-electron chi connectivity index (χ2n) is 2.50. The van der Waals surface area contributed by atoms with E-state index in [1.54, 1.807) is 0 Å². The van der Waals surface area contributed by atoms with E-state index in [0.717, 1.165) is 20.8 Å². The van der Waals surface area contributed by atoms with Crippen molar-refractivity contribution in [2.45, 2.75) is 26.1 Å². The first-order valence-electron chi connectivity index (χ1n) is 3.43. The summed E-state index contributed by atoms with van der Waals surface area (Å²) in [6.45, 7) is 3.03. The quantitative estimate of drug-likeness (QED) is 0.369. The molecule has 0 bridgehead atoms. The molecule has 2 amide bonds. The molecule has 0 aliphatic carbocycles. The Morgan fingerprint density at radius 2 is 1.50 bits per heavy atom. The van der Waals surface area contributed by atoms with Crippen LogP contribution in [0.4, 0.5) is 0 Å². The molecule has 0 aliphatic rings. The van der Waals surface area contributed by atoms with Gasteiger partial charge < -0.3 is 4.55 Å². The number of amides is 2. The van der Waals surface area contributed by atoms with Gasteiger partial charge in [-0.15, -0.1) is 0 Å². The predicted octanol–water partition coefficient (Wildman–Crippen LogP) is -3.72. The number of hydrogen-bond donors (Lipinski definition) is 0. The Bertz CT molecular complexity index is 311. The third kappa shape index (κ3) is 4.96. The molecule has 1 unspecified atom stereocenters. The van der Waals surface area contributed by atoms with Crippen LogP contribution in [-0.2, 0) is 19.7 Å². The fraction of sp³-hybridized carbons (Fsp3) is 0.667. The largest absolute Gasteiger partial charge is 1.00 e. The van der Waals surface area contributed by atoms with E-state index in [9.17, 15) is 22.6 Å². The van der Waals surface area contributed by atoms with Crippen molar-refractivity contribution in [1.82, 2.24) is 4.90 Å². The van der Waals surface area contributed by atoms with Crippen LogP contribution in [0.3, 0.4) is 0 Å². The number of carbonyl (C=O) groups excluding carboxylic acids is 2. The minimum Gasteiger partial charge on any atom is -0.746 e. The van der Waals surface area contributed by atoms with Crippen molar-refractivity contribution in [1.29, 1.82) is 0 Å². The second kappa shape index (κ2) is 6.31. The number of hydrogen-bond acceptors (Lipinski definition) is 5. The van der Waals surface area contributed by atoms with E-state index >= 15 is 0 Å². The Kier molecular flexibility index (Phi) is 7.70. The van der Waals surface area contributed by atoms with Gasteiger partial charge in [0.05, 0.1) is 0 Å². The van der Waals surface area contributed by atoms with Crippen molar-refractivity contribution in [3.8, 4) is 0 Å². The zero-order chi connectivity index (χ0) is 10.8. The van der Waals surface area contributed by atoms with Crippen LogP contribution < -0.4 is 51.4 Å². The van der Waals surface area contributed by atoms with Gasteiger partial charge in [0.25, 0.3) is 0 Å². The summed E-state index contributed by atoms with van der Waals surface area (Å²) >= 11 is 0. The summed E-state index contributed by atoms with van der Waals surface area (Å²) in [5.74, 6) is -1.53. The normalized spacial score (nSPS) is 12.6. The molecule has 0 aliphatic heterocycles. The topological polar surface area (TPSA) is 94.6 Å². The van der Waals surface area contributed by atoms with Crippen LogP contribution in [0.25, 0.3) is 0 Å². The molecule has 6 nitrogen and oxygen atoms in total. The van der Waals surface area contributed by atoms with E-state index in [1.807, 2.05) is 0 Å². The van der Waals surface area contributed by atoms with Crippen LogP contribution in [-0.4, -0.2) is 35.1 Å². The standard InChI is InChI=1S/C6H11NO5S.K/c1-4(8)7(5(2)9)6(3)13(10,11)12;/h6H,1-3H3,(H,10,11,12);/q;+1/p-1. The molecule has 0 aromatic rings. The van der Waals surface area contributed by atoms with E-state index < -0.39 is 27.3 Å². The van der Waals surface area contributed by atoms with Gasteiger partial charge in [-0.05, 0) is 6.92 Å². The van der Waals surface area contributed by atoms with E-state index in [-0.39, 0.29) is 51.4 Å². The molecule has 0 heterocycles. The van der Waals surface area contributed by atoms with Crippen LogP contribution in [0.15, 0.2) is 0 Å². The van der Waals surface area contributed by atoms with Gasteiger partial charge in [0.15, 0.2) is 0 Å². The minimum absolute atomic E-state index is 0. The Morgan fingerprint density at radius 1 is 1.21 bits per heavy atom. The van der Waals surface area contributed by atoms with E-state index in [0.29, 0.717) is 4.90 Å². The molecule has 0 radical (unpaired) electrons. The predicted molar refractivity (Wildman–Crippen MR) is 42.4 cm³/mol. The van der Waals surface area contributed by atoms with Crippen molar-refractivity contribution in [3.63, 3.8) is 0 Å². The summed E-state index contributed by atoms with van der Waals surface area (Å²) in [6.07, 6.45) is 0. The molecule has 0 saturated heterocycles.